The highest BCUT2D eigenvalue weighted by molar-refractivity contribution is 9.11. The summed E-state index contributed by atoms with van der Waals surface area (Å²) in [6.45, 7) is -0.139. The van der Waals surface area contributed by atoms with E-state index in [9.17, 15) is 14.0 Å². The average Bonchev–Trinajstić information content (AvgIpc) is 2.35. The van der Waals surface area contributed by atoms with Crippen molar-refractivity contribution in [3.05, 3.63) is 67.2 Å². The number of carbonyl (C=O) groups is 1. The van der Waals surface area contributed by atoms with Crippen molar-refractivity contribution in [2.45, 2.75) is 6.54 Å². The lowest BCUT2D eigenvalue weighted by molar-refractivity contribution is 0.0970. The Kier molecular flexibility index (Phi) is 4.31. The summed E-state index contributed by atoms with van der Waals surface area (Å²) in [6.07, 6.45) is 1.52. The molecule has 0 unspecified atom stereocenters. The van der Waals surface area contributed by atoms with Crippen LogP contribution in [0.3, 0.4) is 0 Å². The van der Waals surface area contributed by atoms with Gasteiger partial charge in [-0.05, 0) is 50.1 Å². The van der Waals surface area contributed by atoms with Gasteiger partial charge in [-0.25, -0.2) is 4.39 Å². The number of hydrogen-bond donors (Lipinski definition) is 0. The van der Waals surface area contributed by atoms with Gasteiger partial charge in [0.1, 0.15) is 5.82 Å². The second-order valence-electron chi connectivity index (χ2n) is 3.87. The third kappa shape index (κ3) is 3.39. The molecular weight excluding hydrogens is 381 g/mol. The molecule has 3 nitrogen and oxygen atoms in total. The van der Waals surface area contributed by atoms with Crippen molar-refractivity contribution in [2.24, 2.45) is 0 Å². The fourth-order valence-corrected chi connectivity index (χ4v) is 2.85. The molecule has 0 aliphatic carbocycles. The molecule has 0 saturated carbocycles. The van der Waals surface area contributed by atoms with Crippen molar-refractivity contribution in [3.63, 3.8) is 0 Å². The zero-order chi connectivity index (χ0) is 14.0. The summed E-state index contributed by atoms with van der Waals surface area (Å²) in [5, 5.41) is 0. The van der Waals surface area contributed by atoms with Crippen LogP contribution in [0, 0.1) is 5.82 Å². The molecule has 0 atom stereocenters. The summed E-state index contributed by atoms with van der Waals surface area (Å²) in [6, 6.07) is 7.00. The van der Waals surface area contributed by atoms with Crippen molar-refractivity contribution in [3.8, 4) is 0 Å². The Morgan fingerprint density at radius 1 is 1.26 bits per heavy atom. The van der Waals surface area contributed by atoms with Crippen molar-refractivity contribution in [2.75, 3.05) is 0 Å². The van der Waals surface area contributed by atoms with Crippen molar-refractivity contribution in [1.82, 2.24) is 4.57 Å². The molecule has 98 valence electrons. The Morgan fingerprint density at radius 2 is 2.00 bits per heavy atom. The summed E-state index contributed by atoms with van der Waals surface area (Å²) in [7, 11) is 0. The molecule has 6 heteroatoms. The standard InChI is InChI=1S/C13H8Br2FNO2/c14-9-5-11(15)13(19)17(6-9)7-12(18)8-2-1-3-10(16)4-8/h1-6H,7H2. The van der Waals surface area contributed by atoms with Gasteiger partial charge in [-0.1, -0.05) is 12.1 Å². The number of nitrogens with zero attached hydrogens (tertiary/aromatic N) is 1. The number of Topliss-reactive ketones (excluding diaryl/α,β-unsaturated/α-hetero) is 1. The van der Waals surface area contributed by atoms with E-state index in [1.807, 2.05) is 0 Å². The monoisotopic (exact) mass is 387 g/mol. The zero-order valence-electron chi connectivity index (χ0n) is 9.57. The summed E-state index contributed by atoms with van der Waals surface area (Å²) >= 11 is 6.36. The van der Waals surface area contributed by atoms with Crippen molar-refractivity contribution >= 4 is 37.6 Å². The minimum atomic E-state index is -0.478. The van der Waals surface area contributed by atoms with E-state index in [0.29, 0.717) is 8.95 Å². The molecule has 1 heterocycles. The van der Waals surface area contributed by atoms with Crippen LogP contribution < -0.4 is 5.56 Å². The Hall–Kier alpha value is -1.27. The molecule has 1 aromatic heterocycles. The highest BCUT2D eigenvalue weighted by Crippen LogP contribution is 2.13. The van der Waals surface area contributed by atoms with Gasteiger partial charge < -0.3 is 4.57 Å². The molecule has 0 spiro atoms. The molecule has 2 aromatic rings. The van der Waals surface area contributed by atoms with Gasteiger partial charge in [0, 0.05) is 16.2 Å². The molecule has 0 fully saturated rings. The van der Waals surface area contributed by atoms with Crippen LogP contribution in [-0.2, 0) is 6.54 Å². The van der Waals surface area contributed by atoms with E-state index in [2.05, 4.69) is 31.9 Å². The van der Waals surface area contributed by atoms with Crippen molar-refractivity contribution in [1.29, 1.82) is 0 Å². The van der Waals surface area contributed by atoms with Gasteiger partial charge >= 0.3 is 0 Å². The fraction of sp³-hybridized carbons (Fsp3) is 0.0769. The first-order valence-corrected chi connectivity index (χ1v) is 6.90. The maximum absolute atomic E-state index is 13.0. The molecule has 0 amide bonds. The first-order valence-electron chi connectivity index (χ1n) is 5.31. The number of ketones is 1. The largest absolute Gasteiger partial charge is 0.306 e. The van der Waals surface area contributed by atoms with Gasteiger partial charge in [0.15, 0.2) is 5.78 Å². The lowest BCUT2D eigenvalue weighted by Crippen LogP contribution is -2.24. The lowest BCUT2D eigenvalue weighted by Gasteiger charge is -2.06. The molecule has 1 aromatic carbocycles. The number of aromatic nitrogens is 1. The van der Waals surface area contributed by atoms with Crippen LogP contribution in [0.2, 0.25) is 0 Å². The van der Waals surface area contributed by atoms with Crippen LogP contribution in [0.15, 0.2) is 50.3 Å². The highest BCUT2D eigenvalue weighted by atomic mass is 79.9. The van der Waals surface area contributed by atoms with Gasteiger partial charge in [-0.15, -0.1) is 0 Å². The number of pyridine rings is 1. The topological polar surface area (TPSA) is 39.1 Å². The van der Waals surface area contributed by atoms with E-state index >= 15 is 0 Å². The average molecular weight is 389 g/mol. The molecule has 0 saturated heterocycles. The molecular formula is C13H8Br2FNO2. The summed E-state index contributed by atoms with van der Waals surface area (Å²) in [5.74, 6) is -0.805. The third-order valence-electron chi connectivity index (χ3n) is 2.47. The maximum Gasteiger partial charge on any atom is 0.265 e. The van der Waals surface area contributed by atoms with Gasteiger partial charge in [0.05, 0.1) is 11.0 Å². The van der Waals surface area contributed by atoms with Crippen LogP contribution in [0.1, 0.15) is 10.4 Å². The second-order valence-corrected chi connectivity index (χ2v) is 5.64. The van der Waals surface area contributed by atoms with Gasteiger partial charge in [-0.3, -0.25) is 9.59 Å². The predicted octanol–water partition coefficient (Wildman–Crippen LogP) is 3.40. The molecule has 19 heavy (non-hydrogen) atoms. The zero-order valence-corrected chi connectivity index (χ0v) is 12.7. The third-order valence-corrected chi connectivity index (χ3v) is 3.47. The number of rotatable bonds is 3. The van der Waals surface area contributed by atoms with Crippen LogP contribution in [0.5, 0.6) is 0 Å². The number of benzene rings is 1. The van der Waals surface area contributed by atoms with E-state index in [-0.39, 0.29) is 23.5 Å². The summed E-state index contributed by atoms with van der Waals surface area (Å²) in [4.78, 5) is 23.8. The Morgan fingerprint density at radius 3 is 2.68 bits per heavy atom. The molecule has 0 N–H and O–H groups in total. The SMILES string of the molecule is O=C(Cn1cc(Br)cc(Br)c1=O)c1cccc(F)c1. The van der Waals surface area contributed by atoms with E-state index in [1.54, 1.807) is 6.07 Å². The van der Waals surface area contributed by atoms with Crippen LogP contribution in [0.4, 0.5) is 4.39 Å². The molecule has 0 bridgehead atoms. The van der Waals surface area contributed by atoms with Gasteiger partial charge in [-0.2, -0.15) is 0 Å². The number of carbonyl (C=O) groups excluding carboxylic acids is 1. The number of halogens is 3. The number of hydrogen-bond acceptors (Lipinski definition) is 2. The van der Waals surface area contributed by atoms with E-state index in [4.69, 9.17) is 0 Å². The predicted molar refractivity (Wildman–Crippen MR) is 76.8 cm³/mol. The molecule has 2 rings (SSSR count). The molecule has 0 radical (unpaired) electrons. The summed E-state index contributed by atoms with van der Waals surface area (Å²) < 4.78 is 15.3. The second kappa shape index (κ2) is 5.79. The minimum Gasteiger partial charge on any atom is -0.306 e. The molecule has 0 aliphatic heterocycles. The summed E-state index contributed by atoms with van der Waals surface area (Å²) in [5.41, 5.74) is -0.0732. The van der Waals surface area contributed by atoms with E-state index in [1.165, 1.54) is 29.0 Å². The quantitative estimate of drug-likeness (QED) is 0.756. The van der Waals surface area contributed by atoms with Crippen molar-refractivity contribution < 1.29 is 9.18 Å². The minimum absolute atomic E-state index is 0.139. The molecule has 0 aliphatic rings. The fourth-order valence-electron chi connectivity index (χ4n) is 1.59. The van der Waals surface area contributed by atoms with Crippen LogP contribution >= 0.6 is 31.9 Å². The Labute approximate surface area is 125 Å². The Bertz CT molecular complexity index is 697. The smallest absolute Gasteiger partial charge is 0.265 e. The van der Waals surface area contributed by atoms with E-state index < -0.39 is 5.82 Å². The van der Waals surface area contributed by atoms with Crippen LogP contribution in [-0.4, -0.2) is 10.4 Å². The Balaban J connectivity index is 2.32. The van der Waals surface area contributed by atoms with Crippen LogP contribution in [0.25, 0.3) is 0 Å². The van der Waals surface area contributed by atoms with Gasteiger partial charge in [0.25, 0.3) is 5.56 Å². The normalized spacial score (nSPS) is 10.5. The highest BCUT2D eigenvalue weighted by Gasteiger charge is 2.10. The lowest BCUT2D eigenvalue weighted by atomic mass is 10.1. The first kappa shape index (κ1) is 14.1. The van der Waals surface area contributed by atoms with Gasteiger partial charge in [0.2, 0.25) is 0 Å². The first-order chi connectivity index (χ1) is 8.97. The maximum atomic E-state index is 13.0. The van der Waals surface area contributed by atoms with E-state index in [0.717, 1.165) is 6.07 Å².